The van der Waals surface area contributed by atoms with E-state index in [1.807, 2.05) is 0 Å². The molecule has 4 rings (SSSR count). The molecule has 0 radical (unpaired) electrons. The number of nitrogens with one attached hydrogen (secondary N) is 3. The number of carboxylic acid groups (broad SMARTS) is 2. The zero-order valence-electron chi connectivity index (χ0n) is 18.4. The van der Waals surface area contributed by atoms with Gasteiger partial charge in [-0.25, -0.2) is 5.10 Å². The van der Waals surface area contributed by atoms with Crippen molar-refractivity contribution in [1.82, 2.24) is 20.8 Å². The van der Waals surface area contributed by atoms with Crippen molar-refractivity contribution in [2.45, 2.75) is 51.7 Å². The summed E-state index contributed by atoms with van der Waals surface area (Å²) < 4.78 is 6.16. The van der Waals surface area contributed by atoms with Crippen LogP contribution in [0.15, 0.2) is 17.1 Å². The van der Waals surface area contributed by atoms with Gasteiger partial charge in [0.15, 0.2) is 0 Å². The van der Waals surface area contributed by atoms with Gasteiger partial charge in [0.2, 0.25) is 0 Å². The maximum atomic E-state index is 12.5. The molecule has 2 aliphatic carbocycles. The van der Waals surface area contributed by atoms with E-state index in [1.165, 1.54) is 25.1 Å². The molecule has 2 heterocycles. The van der Waals surface area contributed by atoms with E-state index in [1.54, 1.807) is 0 Å². The molecule has 5 N–H and O–H groups in total. The highest BCUT2D eigenvalue weighted by molar-refractivity contribution is 5.93. The Bertz CT molecular complexity index is 819. The third kappa shape index (κ3) is 9.15. The van der Waals surface area contributed by atoms with Crippen LogP contribution in [0.3, 0.4) is 0 Å². The number of hydrogen-bond donors (Lipinski definition) is 5. The van der Waals surface area contributed by atoms with Gasteiger partial charge in [-0.2, -0.15) is 5.10 Å². The van der Waals surface area contributed by atoms with E-state index >= 15 is 0 Å². The lowest BCUT2D eigenvalue weighted by atomic mass is 9.77. The molecule has 1 aromatic heterocycles. The average molecular weight is 453 g/mol. The summed E-state index contributed by atoms with van der Waals surface area (Å²) in [7, 11) is 0. The lowest BCUT2D eigenvalue weighted by Crippen LogP contribution is -2.50. The second kappa shape index (κ2) is 12.3. The lowest BCUT2D eigenvalue weighted by molar-refractivity contribution is -0.135. The molecule has 11 nitrogen and oxygen atoms in total. The maximum Gasteiger partial charge on any atom is 0.300 e. The lowest BCUT2D eigenvalue weighted by Gasteiger charge is -2.38. The first-order valence-corrected chi connectivity index (χ1v) is 10.7. The fraction of sp³-hybridized carbons (Fsp3) is 0.667. The van der Waals surface area contributed by atoms with Crippen LogP contribution in [-0.2, 0) is 14.3 Å². The quantitative estimate of drug-likeness (QED) is 0.426. The first-order chi connectivity index (χ1) is 15.2. The van der Waals surface area contributed by atoms with E-state index in [2.05, 4.69) is 20.8 Å². The van der Waals surface area contributed by atoms with Crippen molar-refractivity contribution < 1.29 is 29.3 Å². The highest BCUT2D eigenvalue weighted by Gasteiger charge is 2.41. The molecule has 1 aromatic rings. The number of aliphatic carboxylic acids is 2. The highest BCUT2D eigenvalue weighted by Crippen LogP contribution is 2.36. The first-order valence-electron chi connectivity index (χ1n) is 10.7. The zero-order valence-corrected chi connectivity index (χ0v) is 18.4. The van der Waals surface area contributed by atoms with Gasteiger partial charge in [0, 0.05) is 26.5 Å². The van der Waals surface area contributed by atoms with E-state index in [0.717, 1.165) is 46.4 Å². The fourth-order valence-corrected chi connectivity index (χ4v) is 3.91. The number of amides is 1. The monoisotopic (exact) mass is 452 g/mol. The van der Waals surface area contributed by atoms with E-state index in [4.69, 9.17) is 24.5 Å². The van der Waals surface area contributed by atoms with Crippen LogP contribution in [0.1, 0.15) is 49.9 Å². The molecule has 178 valence electrons. The molecule has 1 saturated heterocycles. The van der Waals surface area contributed by atoms with Gasteiger partial charge < -0.3 is 25.6 Å². The third-order valence-corrected chi connectivity index (χ3v) is 5.51. The largest absolute Gasteiger partial charge is 0.481 e. The molecule has 0 unspecified atom stereocenters. The first kappa shape index (κ1) is 25.5. The third-order valence-electron chi connectivity index (χ3n) is 5.51. The van der Waals surface area contributed by atoms with Gasteiger partial charge in [0.05, 0.1) is 23.9 Å². The predicted octanol–water partition coefficient (Wildman–Crippen LogP) is 0.475. The number of aromatic nitrogens is 2. The number of carboxylic acids is 2. The van der Waals surface area contributed by atoms with Crippen molar-refractivity contribution >= 4 is 17.8 Å². The van der Waals surface area contributed by atoms with Gasteiger partial charge in [-0.3, -0.25) is 19.2 Å². The SMILES string of the molecule is CC(=O)O.CC(=O)O.O=C(N[C@H]1C[C@H]2CNC[C@H]2C[C@@H]1OCC1CC1)c1cn[nH]c(=O)c1. The minimum Gasteiger partial charge on any atom is -0.481 e. The molecule has 4 atom stereocenters. The number of hydrogen-bond acceptors (Lipinski definition) is 7. The Kier molecular flexibility index (Phi) is 9.79. The number of nitrogens with zero attached hydrogens (tertiary/aromatic N) is 1. The number of fused-ring (bicyclic) bond motifs is 1. The topological polar surface area (TPSA) is 171 Å². The number of carbonyl (C=O) groups excluding carboxylic acids is 1. The standard InChI is InChI=1S/C17H24N4O3.2C2H4O2/c22-16-5-13(8-19-21-16)17(23)20-14-3-11-6-18-7-12(11)4-15(14)24-9-10-1-2-10;2*1-2(3)4/h5,8,10-12,14-15,18H,1-4,6-7,9H2,(H,20,23)(H,21,22);2*1H3,(H,3,4)/t11-,12+,14-,15-;;/m0../s1. The summed E-state index contributed by atoms with van der Waals surface area (Å²) in [5, 5.41) is 27.4. The minimum atomic E-state index is -0.833. The minimum absolute atomic E-state index is 0.00307. The van der Waals surface area contributed by atoms with Crippen LogP contribution in [0.4, 0.5) is 0 Å². The summed E-state index contributed by atoms with van der Waals surface area (Å²) in [4.78, 5) is 41.8. The summed E-state index contributed by atoms with van der Waals surface area (Å²) in [6.07, 6.45) is 5.88. The summed E-state index contributed by atoms with van der Waals surface area (Å²) in [5.41, 5.74) is -0.0701. The van der Waals surface area contributed by atoms with E-state index < -0.39 is 11.9 Å². The second-order valence-electron chi connectivity index (χ2n) is 8.42. The molecular formula is C21H32N4O7. The molecule has 0 bridgehead atoms. The van der Waals surface area contributed by atoms with Crippen molar-refractivity contribution in [3.63, 3.8) is 0 Å². The molecule has 0 aromatic carbocycles. The summed E-state index contributed by atoms with van der Waals surface area (Å²) >= 11 is 0. The van der Waals surface area contributed by atoms with Gasteiger partial charge in [0.25, 0.3) is 23.4 Å². The van der Waals surface area contributed by atoms with Crippen molar-refractivity contribution in [3.8, 4) is 0 Å². The van der Waals surface area contributed by atoms with Crippen molar-refractivity contribution in [1.29, 1.82) is 0 Å². The number of aromatic amines is 1. The van der Waals surface area contributed by atoms with Gasteiger partial charge in [-0.05, 0) is 56.5 Å². The van der Waals surface area contributed by atoms with Crippen LogP contribution in [-0.4, -0.2) is 70.1 Å². The summed E-state index contributed by atoms with van der Waals surface area (Å²) in [6, 6.07) is 1.28. The smallest absolute Gasteiger partial charge is 0.300 e. The Morgan fingerprint density at radius 2 is 1.72 bits per heavy atom. The molecule has 32 heavy (non-hydrogen) atoms. The molecular weight excluding hydrogens is 420 g/mol. The normalized spacial score (nSPS) is 25.8. The van der Waals surface area contributed by atoms with Crippen LogP contribution in [0.2, 0.25) is 0 Å². The predicted molar refractivity (Wildman–Crippen MR) is 114 cm³/mol. The van der Waals surface area contributed by atoms with Crippen LogP contribution < -0.4 is 16.2 Å². The zero-order chi connectivity index (χ0) is 23.7. The number of H-pyrrole nitrogens is 1. The van der Waals surface area contributed by atoms with E-state index in [0.29, 0.717) is 23.3 Å². The second-order valence-corrected chi connectivity index (χ2v) is 8.42. The van der Waals surface area contributed by atoms with Gasteiger partial charge in [-0.1, -0.05) is 0 Å². The molecule has 1 amide bonds. The van der Waals surface area contributed by atoms with Gasteiger partial charge in [-0.15, -0.1) is 0 Å². The van der Waals surface area contributed by atoms with Crippen molar-refractivity contribution in [2.24, 2.45) is 17.8 Å². The summed E-state index contributed by atoms with van der Waals surface area (Å²) in [6.45, 7) is 5.03. The van der Waals surface area contributed by atoms with E-state index in [9.17, 15) is 9.59 Å². The van der Waals surface area contributed by atoms with Crippen molar-refractivity contribution in [2.75, 3.05) is 19.7 Å². The molecule has 11 heteroatoms. The van der Waals surface area contributed by atoms with Crippen LogP contribution >= 0.6 is 0 Å². The van der Waals surface area contributed by atoms with Crippen LogP contribution in [0.5, 0.6) is 0 Å². The Morgan fingerprint density at radius 1 is 1.12 bits per heavy atom. The summed E-state index contributed by atoms with van der Waals surface area (Å²) in [5.74, 6) is 0.0256. The Hall–Kier alpha value is -2.79. The highest BCUT2D eigenvalue weighted by atomic mass is 16.5. The maximum absolute atomic E-state index is 12.5. The molecule has 3 aliphatic rings. The van der Waals surface area contributed by atoms with Gasteiger partial charge in [0.1, 0.15) is 0 Å². The molecule has 2 saturated carbocycles. The number of carbonyl (C=O) groups is 3. The molecule has 0 spiro atoms. The Morgan fingerprint density at radius 3 is 2.28 bits per heavy atom. The average Bonchev–Trinajstić information content (AvgIpc) is 3.42. The van der Waals surface area contributed by atoms with Crippen LogP contribution in [0, 0.1) is 17.8 Å². The van der Waals surface area contributed by atoms with Crippen LogP contribution in [0.25, 0.3) is 0 Å². The fourth-order valence-electron chi connectivity index (χ4n) is 3.91. The van der Waals surface area contributed by atoms with E-state index in [-0.39, 0.29) is 23.6 Å². The van der Waals surface area contributed by atoms with Crippen molar-refractivity contribution in [3.05, 3.63) is 28.2 Å². The molecule has 3 fully saturated rings. The number of rotatable bonds is 5. The Balaban J connectivity index is 0.000000395. The van der Waals surface area contributed by atoms with Gasteiger partial charge >= 0.3 is 0 Å². The molecule has 1 aliphatic heterocycles. The Labute approximate surface area is 185 Å². The number of ether oxygens (including phenoxy) is 1.